The Bertz CT molecular complexity index is 491. The first-order valence-electron chi connectivity index (χ1n) is 8.64. The molecule has 0 aromatic heterocycles. The van der Waals surface area contributed by atoms with Crippen LogP contribution in [0.2, 0.25) is 0 Å². The Morgan fingerprint density at radius 1 is 0.652 bits per heavy atom. The molecule has 23 heavy (non-hydrogen) atoms. The third-order valence-electron chi connectivity index (χ3n) is 3.77. The summed E-state index contributed by atoms with van der Waals surface area (Å²) in [7, 11) is 0. The van der Waals surface area contributed by atoms with E-state index in [-0.39, 0.29) is 0 Å². The molecular formula is C20H28O2Ti. The van der Waals surface area contributed by atoms with Crippen LogP contribution in [0, 0.1) is 0 Å². The topological polar surface area (TPSA) is 18.5 Å². The van der Waals surface area contributed by atoms with Crippen LogP contribution in [0.5, 0.6) is 0 Å². The molecule has 2 nitrogen and oxygen atoms in total. The van der Waals surface area contributed by atoms with Crippen LogP contribution in [0.1, 0.15) is 37.8 Å². The number of benzene rings is 2. The van der Waals surface area contributed by atoms with Crippen molar-refractivity contribution in [3.63, 3.8) is 0 Å². The molecular weight excluding hydrogens is 320 g/mol. The summed E-state index contributed by atoms with van der Waals surface area (Å²) in [5.41, 5.74) is 2.66. The average Bonchev–Trinajstić information content (AvgIpc) is 2.60. The maximum absolute atomic E-state index is 6.45. The van der Waals surface area contributed by atoms with Crippen molar-refractivity contribution in [1.82, 2.24) is 0 Å². The normalized spacial score (nSPS) is 11.6. The monoisotopic (exact) mass is 348 g/mol. The molecule has 0 heterocycles. The number of rotatable bonds is 10. The Balaban J connectivity index is 2.24. The molecule has 0 atom stereocenters. The van der Waals surface area contributed by atoms with Gasteiger partial charge in [-0.2, -0.15) is 0 Å². The molecule has 0 amide bonds. The van der Waals surface area contributed by atoms with Crippen LogP contribution in [0.25, 0.3) is 0 Å². The van der Waals surface area contributed by atoms with E-state index < -0.39 is 17.4 Å². The zero-order chi connectivity index (χ0) is 16.4. The van der Waals surface area contributed by atoms with Crippen LogP contribution in [0.4, 0.5) is 0 Å². The first-order chi connectivity index (χ1) is 11.3. The molecule has 0 spiro atoms. The van der Waals surface area contributed by atoms with Crippen molar-refractivity contribution in [2.75, 3.05) is 13.2 Å². The molecule has 2 aromatic carbocycles. The fraction of sp³-hybridized carbons (Fsp3) is 0.400. The summed E-state index contributed by atoms with van der Waals surface area (Å²) in [6.07, 6.45) is 2.07. The molecule has 0 N–H and O–H groups in total. The Morgan fingerprint density at radius 2 is 1.04 bits per heavy atom. The van der Waals surface area contributed by atoms with E-state index in [1.807, 2.05) is 0 Å². The van der Waals surface area contributed by atoms with Crippen molar-refractivity contribution in [1.29, 1.82) is 0 Å². The standard InChI is InChI=1S/2C7H7.2C3H7O.Ti/c2*1-7-5-3-2-4-6-7;2*1-2-3-4;/h2*2-6H,1H2;2*2-3H2,1H3;/q;;2*-1;+2. The van der Waals surface area contributed by atoms with Gasteiger partial charge in [-0.25, -0.2) is 0 Å². The molecule has 0 saturated carbocycles. The molecule has 2 aromatic rings. The third-order valence-corrected chi connectivity index (χ3v) is 9.01. The number of hydrogen-bond acceptors (Lipinski definition) is 2. The first-order valence-corrected chi connectivity index (χ1v) is 12.1. The fourth-order valence-corrected chi connectivity index (χ4v) is 8.14. The maximum atomic E-state index is 6.45. The molecule has 0 aliphatic rings. The number of hydrogen-bond donors (Lipinski definition) is 0. The average molecular weight is 348 g/mol. The SMILES string of the molecule is CCC[O][Ti]([CH2]c1ccccc1)([CH2]c1ccccc1)[O]CCC. The van der Waals surface area contributed by atoms with Gasteiger partial charge in [-0.15, -0.1) is 0 Å². The summed E-state index contributed by atoms with van der Waals surface area (Å²) >= 11 is -2.92. The molecule has 3 heteroatoms. The van der Waals surface area contributed by atoms with Crippen molar-refractivity contribution in [2.24, 2.45) is 0 Å². The summed E-state index contributed by atoms with van der Waals surface area (Å²) in [6, 6.07) is 21.3. The molecule has 0 bridgehead atoms. The van der Waals surface area contributed by atoms with Crippen LogP contribution < -0.4 is 0 Å². The van der Waals surface area contributed by atoms with Crippen LogP contribution in [-0.4, -0.2) is 13.2 Å². The minimum absolute atomic E-state index is 0.795. The predicted octanol–water partition coefficient (Wildman–Crippen LogP) is 5.22. The summed E-state index contributed by atoms with van der Waals surface area (Å²) in [5.74, 6) is 0. The first kappa shape index (κ1) is 18.4. The Hall–Kier alpha value is -0.926. The van der Waals surface area contributed by atoms with E-state index in [0.717, 1.165) is 35.5 Å². The molecule has 0 aliphatic heterocycles. The van der Waals surface area contributed by atoms with E-state index in [0.29, 0.717) is 0 Å². The molecule has 0 radical (unpaired) electrons. The van der Waals surface area contributed by atoms with E-state index in [1.54, 1.807) is 0 Å². The van der Waals surface area contributed by atoms with Gasteiger partial charge in [0.1, 0.15) is 0 Å². The van der Waals surface area contributed by atoms with Gasteiger partial charge in [0, 0.05) is 0 Å². The second kappa shape index (κ2) is 10.0. The minimum atomic E-state index is -2.92. The van der Waals surface area contributed by atoms with Gasteiger partial charge in [-0.3, -0.25) is 0 Å². The van der Waals surface area contributed by atoms with Crippen LogP contribution >= 0.6 is 0 Å². The van der Waals surface area contributed by atoms with Gasteiger partial charge in [-0.05, 0) is 0 Å². The summed E-state index contributed by atoms with van der Waals surface area (Å²) < 4.78 is 14.8. The Morgan fingerprint density at radius 3 is 1.39 bits per heavy atom. The Labute approximate surface area is 145 Å². The van der Waals surface area contributed by atoms with Crippen molar-refractivity contribution < 1.29 is 24.0 Å². The second-order valence-electron chi connectivity index (χ2n) is 5.93. The molecule has 0 aliphatic carbocycles. The zero-order valence-electron chi connectivity index (χ0n) is 14.3. The van der Waals surface area contributed by atoms with Gasteiger partial charge >= 0.3 is 145 Å². The van der Waals surface area contributed by atoms with E-state index in [2.05, 4.69) is 74.5 Å². The zero-order valence-corrected chi connectivity index (χ0v) is 15.9. The molecule has 0 fully saturated rings. The molecule has 0 unspecified atom stereocenters. The quantitative estimate of drug-likeness (QED) is 0.548. The van der Waals surface area contributed by atoms with Crippen molar-refractivity contribution in [2.45, 2.75) is 36.1 Å². The van der Waals surface area contributed by atoms with E-state index in [4.69, 9.17) is 6.64 Å². The van der Waals surface area contributed by atoms with Crippen molar-refractivity contribution in [3.05, 3.63) is 71.8 Å². The van der Waals surface area contributed by atoms with E-state index in [9.17, 15) is 0 Å². The summed E-state index contributed by atoms with van der Waals surface area (Å²) in [5, 5.41) is 0. The van der Waals surface area contributed by atoms with Gasteiger partial charge in [0.05, 0.1) is 0 Å². The molecule has 124 valence electrons. The molecule has 0 saturated heterocycles. The van der Waals surface area contributed by atoms with Crippen molar-refractivity contribution >= 4 is 0 Å². The Kier molecular flexibility index (Phi) is 8.04. The van der Waals surface area contributed by atoms with Crippen LogP contribution in [0.3, 0.4) is 0 Å². The van der Waals surface area contributed by atoms with Crippen molar-refractivity contribution in [3.8, 4) is 0 Å². The fourth-order valence-electron chi connectivity index (χ4n) is 2.70. The molecule has 2 rings (SSSR count). The van der Waals surface area contributed by atoms with Crippen LogP contribution in [0.15, 0.2) is 60.7 Å². The van der Waals surface area contributed by atoms with E-state index in [1.165, 1.54) is 11.1 Å². The van der Waals surface area contributed by atoms with Gasteiger partial charge in [0.15, 0.2) is 0 Å². The van der Waals surface area contributed by atoms with Gasteiger partial charge in [-0.1, -0.05) is 0 Å². The van der Waals surface area contributed by atoms with Gasteiger partial charge < -0.3 is 0 Å². The van der Waals surface area contributed by atoms with E-state index >= 15 is 0 Å². The summed E-state index contributed by atoms with van der Waals surface area (Å²) in [6.45, 7) is 5.92. The summed E-state index contributed by atoms with van der Waals surface area (Å²) in [4.78, 5) is 0. The predicted molar refractivity (Wildman–Crippen MR) is 92.8 cm³/mol. The van der Waals surface area contributed by atoms with Gasteiger partial charge in [0.25, 0.3) is 0 Å². The van der Waals surface area contributed by atoms with Crippen LogP contribution in [-0.2, 0) is 33.5 Å². The van der Waals surface area contributed by atoms with Gasteiger partial charge in [0.2, 0.25) is 0 Å². The third kappa shape index (κ3) is 6.23. The second-order valence-corrected chi connectivity index (χ2v) is 10.8.